The average molecular weight is 234 g/mol. The Kier molecular flexibility index (Phi) is 3.66. The molecule has 0 aromatic carbocycles. The number of hydrogen-bond donors (Lipinski definition) is 1. The summed E-state index contributed by atoms with van der Waals surface area (Å²) in [6, 6.07) is 3.77. The largest absolute Gasteiger partial charge is 0.482 e. The molecule has 6 nitrogen and oxygen atoms in total. The molecule has 0 saturated carbocycles. The molecule has 90 valence electrons. The summed E-state index contributed by atoms with van der Waals surface area (Å²) >= 11 is 0. The van der Waals surface area contributed by atoms with Gasteiger partial charge in [0.1, 0.15) is 5.75 Å². The third-order valence-corrected chi connectivity index (χ3v) is 2.09. The Morgan fingerprint density at radius 1 is 1.35 bits per heavy atom. The zero-order valence-corrected chi connectivity index (χ0v) is 9.80. The molecule has 0 spiro atoms. The van der Waals surface area contributed by atoms with Crippen LogP contribution in [0.1, 0.15) is 17.5 Å². The van der Waals surface area contributed by atoms with Crippen LogP contribution in [0, 0.1) is 6.92 Å². The molecule has 0 aliphatic heterocycles. The van der Waals surface area contributed by atoms with Gasteiger partial charge in [0, 0.05) is 13.5 Å². The van der Waals surface area contributed by atoms with E-state index in [1.165, 1.54) is 0 Å². The maximum absolute atomic E-state index is 5.46. The van der Waals surface area contributed by atoms with Crippen LogP contribution in [-0.4, -0.2) is 22.2 Å². The van der Waals surface area contributed by atoms with Crippen molar-refractivity contribution >= 4 is 0 Å². The van der Waals surface area contributed by atoms with Crippen molar-refractivity contribution < 1.29 is 9.15 Å². The van der Waals surface area contributed by atoms with Gasteiger partial charge >= 0.3 is 0 Å². The smallest absolute Gasteiger partial charge is 0.253 e. The Morgan fingerprint density at radius 2 is 2.24 bits per heavy atom. The number of nitrogens with one attached hydrogen (secondary N) is 1. The second-order valence-electron chi connectivity index (χ2n) is 3.52. The Hall–Kier alpha value is -1.95. The summed E-state index contributed by atoms with van der Waals surface area (Å²) < 4.78 is 10.6. The van der Waals surface area contributed by atoms with Gasteiger partial charge in [-0.2, -0.15) is 0 Å². The molecule has 6 heteroatoms. The molecule has 2 aromatic rings. The fourth-order valence-electron chi connectivity index (χ4n) is 1.32. The number of hydrogen-bond acceptors (Lipinski definition) is 6. The van der Waals surface area contributed by atoms with Crippen molar-refractivity contribution in [2.75, 3.05) is 7.05 Å². The lowest BCUT2D eigenvalue weighted by molar-refractivity contribution is 0.259. The quantitative estimate of drug-likeness (QED) is 0.834. The highest BCUT2D eigenvalue weighted by molar-refractivity contribution is 5.19. The minimum Gasteiger partial charge on any atom is -0.482 e. The van der Waals surface area contributed by atoms with Gasteiger partial charge < -0.3 is 14.5 Å². The number of aryl methyl sites for hydroxylation is 1. The topological polar surface area (TPSA) is 73.1 Å². The van der Waals surface area contributed by atoms with Crippen LogP contribution in [0.2, 0.25) is 0 Å². The molecule has 0 saturated heterocycles. The first-order valence-corrected chi connectivity index (χ1v) is 5.29. The molecule has 0 atom stereocenters. The summed E-state index contributed by atoms with van der Waals surface area (Å²) in [5, 5.41) is 10.6. The van der Waals surface area contributed by atoms with Gasteiger partial charge in [0.05, 0.1) is 11.9 Å². The van der Waals surface area contributed by atoms with Crippen molar-refractivity contribution in [3.8, 4) is 5.75 Å². The van der Waals surface area contributed by atoms with Gasteiger partial charge in [-0.05, 0) is 19.2 Å². The number of pyridine rings is 1. The Morgan fingerprint density at radius 3 is 2.82 bits per heavy atom. The van der Waals surface area contributed by atoms with Gasteiger partial charge in [-0.15, -0.1) is 10.2 Å². The molecule has 0 aliphatic carbocycles. The molecular formula is C11H14N4O2. The average Bonchev–Trinajstić information content (AvgIpc) is 2.75. The fraction of sp³-hybridized carbons (Fsp3) is 0.364. The molecule has 0 fully saturated rings. The van der Waals surface area contributed by atoms with Crippen LogP contribution in [0.5, 0.6) is 5.75 Å². The molecule has 1 N–H and O–H groups in total. The van der Waals surface area contributed by atoms with Gasteiger partial charge in [-0.1, -0.05) is 0 Å². The van der Waals surface area contributed by atoms with E-state index in [4.69, 9.17) is 9.15 Å². The lowest BCUT2D eigenvalue weighted by atomic mass is 10.3. The standard InChI is InChI=1S/C11H14N4O2/c1-8-14-15-11(17-8)7-16-10-4-3-9(5-12-2)13-6-10/h3-4,6,12H,5,7H2,1-2H3. The van der Waals surface area contributed by atoms with Gasteiger partial charge in [-0.25, -0.2) is 0 Å². The maximum Gasteiger partial charge on any atom is 0.253 e. The second kappa shape index (κ2) is 5.40. The Balaban J connectivity index is 1.90. The lowest BCUT2D eigenvalue weighted by Gasteiger charge is -2.04. The molecule has 0 radical (unpaired) electrons. The van der Waals surface area contributed by atoms with E-state index in [1.54, 1.807) is 13.1 Å². The molecule has 0 bridgehead atoms. The Labute approximate surface area is 99.0 Å². The van der Waals surface area contributed by atoms with E-state index in [0.717, 1.165) is 12.2 Å². The zero-order valence-electron chi connectivity index (χ0n) is 9.80. The summed E-state index contributed by atoms with van der Waals surface area (Å²) in [5.74, 6) is 1.67. The summed E-state index contributed by atoms with van der Waals surface area (Å²) in [7, 11) is 1.88. The molecule has 2 rings (SSSR count). The molecule has 2 aromatic heterocycles. The first kappa shape index (κ1) is 11.5. The predicted octanol–water partition coefficient (Wildman–Crippen LogP) is 1.07. The van der Waals surface area contributed by atoms with E-state index in [2.05, 4.69) is 20.5 Å². The van der Waals surface area contributed by atoms with E-state index < -0.39 is 0 Å². The molecule has 0 amide bonds. The van der Waals surface area contributed by atoms with Crippen molar-refractivity contribution in [1.29, 1.82) is 0 Å². The van der Waals surface area contributed by atoms with Crippen molar-refractivity contribution in [2.45, 2.75) is 20.1 Å². The van der Waals surface area contributed by atoms with Crippen molar-refractivity contribution in [3.63, 3.8) is 0 Å². The first-order valence-electron chi connectivity index (χ1n) is 5.29. The summed E-state index contributed by atoms with van der Waals surface area (Å²) in [4.78, 5) is 4.23. The van der Waals surface area contributed by atoms with Crippen LogP contribution in [0.3, 0.4) is 0 Å². The molecule has 0 aliphatic rings. The molecule has 2 heterocycles. The minimum atomic E-state index is 0.258. The lowest BCUT2D eigenvalue weighted by Crippen LogP contribution is -2.06. The highest BCUT2D eigenvalue weighted by atomic mass is 16.5. The first-order chi connectivity index (χ1) is 8.28. The van der Waals surface area contributed by atoms with Crippen LogP contribution in [0.15, 0.2) is 22.7 Å². The van der Waals surface area contributed by atoms with Crippen LogP contribution in [0.4, 0.5) is 0 Å². The van der Waals surface area contributed by atoms with Crippen LogP contribution >= 0.6 is 0 Å². The molecule has 17 heavy (non-hydrogen) atoms. The van der Waals surface area contributed by atoms with E-state index in [0.29, 0.717) is 17.5 Å². The fourth-order valence-corrected chi connectivity index (χ4v) is 1.32. The SMILES string of the molecule is CNCc1ccc(OCc2nnc(C)o2)cn1. The van der Waals surface area contributed by atoms with Gasteiger partial charge in [0.2, 0.25) is 5.89 Å². The second-order valence-corrected chi connectivity index (χ2v) is 3.52. The van der Waals surface area contributed by atoms with Crippen molar-refractivity contribution in [1.82, 2.24) is 20.5 Å². The summed E-state index contributed by atoms with van der Waals surface area (Å²) in [6.07, 6.45) is 1.68. The van der Waals surface area contributed by atoms with Crippen LogP contribution in [-0.2, 0) is 13.2 Å². The molecular weight excluding hydrogens is 220 g/mol. The van der Waals surface area contributed by atoms with Crippen LogP contribution < -0.4 is 10.1 Å². The number of nitrogens with zero attached hydrogens (tertiary/aromatic N) is 3. The summed E-state index contributed by atoms with van der Waals surface area (Å²) in [6.45, 7) is 2.74. The van der Waals surface area contributed by atoms with E-state index in [1.807, 2.05) is 19.2 Å². The van der Waals surface area contributed by atoms with Gasteiger partial charge in [-0.3, -0.25) is 4.98 Å². The Bertz CT molecular complexity index is 467. The highest BCUT2D eigenvalue weighted by Gasteiger charge is 2.03. The summed E-state index contributed by atoms with van der Waals surface area (Å²) in [5.41, 5.74) is 0.966. The number of aromatic nitrogens is 3. The molecule has 0 unspecified atom stereocenters. The third kappa shape index (κ3) is 3.25. The monoisotopic (exact) mass is 234 g/mol. The van der Waals surface area contributed by atoms with Gasteiger partial charge in [0.25, 0.3) is 5.89 Å². The van der Waals surface area contributed by atoms with Crippen molar-refractivity contribution in [3.05, 3.63) is 35.8 Å². The van der Waals surface area contributed by atoms with E-state index >= 15 is 0 Å². The highest BCUT2D eigenvalue weighted by Crippen LogP contribution is 2.11. The number of ether oxygens (including phenoxy) is 1. The van der Waals surface area contributed by atoms with Gasteiger partial charge in [0.15, 0.2) is 6.61 Å². The third-order valence-electron chi connectivity index (χ3n) is 2.09. The maximum atomic E-state index is 5.46. The van der Waals surface area contributed by atoms with E-state index in [9.17, 15) is 0 Å². The normalized spacial score (nSPS) is 10.5. The van der Waals surface area contributed by atoms with Crippen molar-refractivity contribution in [2.24, 2.45) is 0 Å². The van der Waals surface area contributed by atoms with Crippen LogP contribution in [0.25, 0.3) is 0 Å². The number of rotatable bonds is 5. The minimum absolute atomic E-state index is 0.258. The predicted molar refractivity (Wildman–Crippen MR) is 60.4 cm³/mol. The zero-order chi connectivity index (χ0) is 12.1. The van der Waals surface area contributed by atoms with E-state index in [-0.39, 0.29) is 6.61 Å².